The molecule has 4 heteroatoms. The van der Waals surface area contributed by atoms with Crippen LogP contribution >= 0.6 is 38.5 Å². The zero-order chi connectivity index (χ0) is 9.14. The fourth-order valence-electron chi connectivity index (χ4n) is 0.824. The first kappa shape index (κ1) is 9.98. The third-order valence-corrected chi connectivity index (χ3v) is 3.66. The molecule has 1 aromatic carbocycles. The normalized spacial score (nSPS) is 9.83. The summed E-state index contributed by atoms with van der Waals surface area (Å²) in [6, 6.07) is 5.53. The third-order valence-electron chi connectivity index (χ3n) is 1.34. The maximum absolute atomic E-state index is 10.4. The number of hydrogen-bond acceptors (Lipinski definition) is 1. The molecule has 0 amide bonds. The molecule has 0 heterocycles. The SMILES string of the molecule is O=C(O)Cc1ccc(Br)c(I)c1. The third kappa shape index (κ3) is 2.75. The lowest BCUT2D eigenvalue weighted by Gasteiger charge is -1.99. The molecule has 1 aromatic rings. The summed E-state index contributed by atoms with van der Waals surface area (Å²) in [5, 5.41) is 8.51. The van der Waals surface area contributed by atoms with Crippen LogP contribution in [0, 0.1) is 3.57 Å². The molecule has 0 saturated carbocycles. The van der Waals surface area contributed by atoms with Gasteiger partial charge in [-0.05, 0) is 56.2 Å². The van der Waals surface area contributed by atoms with Crippen LogP contribution in [0.3, 0.4) is 0 Å². The lowest BCUT2D eigenvalue weighted by Crippen LogP contribution is -1.99. The van der Waals surface area contributed by atoms with Crippen LogP contribution in [0.5, 0.6) is 0 Å². The summed E-state index contributed by atoms with van der Waals surface area (Å²) in [5.74, 6) is -0.798. The summed E-state index contributed by atoms with van der Waals surface area (Å²) in [7, 11) is 0. The van der Waals surface area contributed by atoms with Crippen molar-refractivity contribution in [2.24, 2.45) is 0 Å². The van der Waals surface area contributed by atoms with Crippen LogP contribution in [0.2, 0.25) is 0 Å². The number of hydrogen-bond donors (Lipinski definition) is 1. The predicted molar refractivity (Wildman–Crippen MR) is 58.2 cm³/mol. The van der Waals surface area contributed by atoms with E-state index in [9.17, 15) is 4.79 Å². The topological polar surface area (TPSA) is 37.3 Å². The average Bonchev–Trinajstić information content (AvgIpc) is 1.96. The van der Waals surface area contributed by atoms with Gasteiger partial charge in [0.15, 0.2) is 0 Å². The van der Waals surface area contributed by atoms with Gasteiger partial charge in [0.25, 0.3) is 0 Å². The number of carbonyl (C=O) groups is 1. The molecule has 0 saturated heterocycles. The minimum Gasteiger partial charge on any atom is -0.481 e. The number of aliphatic carboxylic acids is 1. The van der Waals surface area contributed by atoms with Crippen molar-refractivity contribution in [2.75, 3.05) is 0 Å². The standard InChI is InChI=1S/C8H6BrIO2/c9-6-2-1-5(3-7(6)10)4-8(11)12/h1-3H,4H2,(H,11,12). The Morgan fingerprint density at radius 1 is 1.58 bits per heavy atom. The van der Waals surface area contributed by atoms with Gasteiger partial charge in [0.1, 0.15) is 0 Å². The molecule has 0 aliphatic rings. The predicted octanol–water partition coefficient (Wildman–Crippen LogP) is 2.68. The smallest absolute Gasteiger partial charge is 0.307 e. The highest BCUT2D eigenvalue weighted by Crippen LogP contribution is 2.20. The van der Waals surface area contributed by atoms with E-state index in [0.29, 0.717) is 0 Å². The molecule has 0 bridgehead atoms. The fraction of sp³-hybridized carbons (Fsp3) is 0.125. The van der Waals surface area contributed by atoms with E-state index in [1.165, 1.54) is 0 Å². The number of benzene rings is 1. The second kappa shape index (κ2) is 4.23. The van der Waals surface area contributed by atoms with Crippen molar-refractivity contribution in [3.8, 4) is 0 Å². The first-order chi connectivity index (χ1) is 5.59. The van der Waals surface area contributed by atoms with Gasteiger partial charge in [0, 0.05) is 8.04 Å². The van der Waals surface area contributed by atoms with Crippen molar-refractivity contribution in [2.45, 2.75) is 6.42 Å². The van der Waals surface area contributed by atoms with Crippen LogP contribution < -0.4 is 0 Å². The monoisotopic (exact) mass is 340 g/mol. The Kier molecular flexibility index (Phi) is 3.52. The Balaban J connectivity index is 2.89. The highest BCUT2D eigenvalue weighted by Gasteiger charge is 2.02. The van der Waals surface area contributed by atoms with Gasteiger partial charge in [0.2, 0.25) is 0 Å². The van der Waals surface area contributed by atoms with Crippen molar-refractivity contribution in [1.29, 1.82) is 0 Å². The van der Waals surface area contributed by atoms with Gasteiger partial charge >= 0.3 is 5.97 Å². The minimum atomic E-state index is -0.798. The second-order valence-corrected chi connectivity index (χ2v) is 4.34. The zero-order valence-corrected chi connectivity index (χ0v) is 9.79. The van der Waals surface area contributed by atoms with E-state index in [4.69, 9.17) is 5.11 Å². The van der Waals surface area contributed by atoms with Crippen molar-refractivity contribution in [1.82, 2.24) is 0 Å². The first-order valence-electron chi connectivity index (χ1n) is 3.25. The van der Waals surface area contributed by atoms with E-state index in [0.717, 1.165) is 13.6 Å². The summed E-state index contributed by atoms with van der Waals surface area (Å²) in [6.45, 7) is 0. The maximum Gasteiger partial charge on any atom is 0.307 e. The molecule has 1 rings (SSSR count). The van der Waals surface area contributed by atoms with Gasteiger partial charge in [-0.25, -0.2) is 0 Å². The Morgan fingerprint density at radius 2 is 2.25 bits per heavy atom. The molecule has 12 heavy (non-hydrogen) atoms. The molecule has 0 radical (unpaired) electrons. The molecule has 0 spiro atoms. The van der Waals surface area contributed by atoms with Crippen LogP contribution in [-0.4, -0.2) is 11.1 Å². The summed E-state index contributed by atoms with van der Waals surface area (Å²) in [4.78, 5) is 10.4. The molecule has 0 unspecified atom stereocenters. The van der Waals surface area contributed by atoms with Crippen LogP contribution in [-0.2, 0) is 11.2 Å². The van der Waals surface area contributed by atoms with Crippen molar-refractivity contribution in [3.63, 3.8) is 0 Å². The Hall–Kier alpha value is -0.100. The molecule has 1 N–H and O–H groups in total. The molecule has 0 aliphatic heterocycles. The first-order valence-corrected chi connectivity index (χ1v) is 5.12. The average molecular weight is 341 g/mol. The van der Waals surface area contributed by atoms with Crippen molar-refractivity contribution in [3.05, 3.63) is 31.8 Å². The van der Waals surface area contributed by atoms with Crippen molar-refractivity contribution >= 4 is 44.5 Å². The molecule has 0 fully saturated rings. The van der Waals surface area contributed by atoms with E-state index in [-0.39, 0.29) is 6.42 Å². The van der Waals surface area contributed by atoms with E-state index in [2.05, 4.69) is 38.5 Å². The summed E-state index contributed by atoms with van der Waals surface area (Å²) >= 11 is 5.50. The molecule has 0 aromatic heterocycles. The molecular formula is C8H6BrIO2. The second-order valence-electron chi connectivity index (χ2n) is 2.32. The van der Waals surface area contributed by atoms with Gasteiger partial charge in [-0.1, -0.05) is 6.07 Å². The number of carboxylic acid groups (broad SMARTS) is 1. The maximum atomic E-state index is 10.4. The van der Waals surface area contributed by atoms with Gasteiger partial charge in [-0.2, -0.15) is 0 Å². The van der Waals surface area contributed by atoms with Crippen LogP contribution in [0.4, 0.5) is 0 Å². The van der Waals surface area contributed by atoms with E-state index in [1.54, 1.807) is 6.07 Å². The van der Waals surface area contributed by atoms with E-state index >= 15 is 0 Å². The Labute approximate surface area is 92.2 Å². The van der Waals surface area contributed by atoms with Gasteiger partial charge in [-0.3, -0.25) is 4.79 Å². The molecule has 0 aliphatic carbocycles. The van der Waals surface area contributed by atoms with Crippen LogP contribution in [0.15, 0.2) is 22.7 Å². The lowest BCUT2D eigenvalue weighted by molar-refractivity contribution is -0.136. The van der Waals surface area contributed by atoms with Gasteiger partial charge in [0.05, 0.1) is 6.42 Å². The minimum absolute atomic E-state index is 0.0866. The Bertz CT molecular complexity index is 312. The number of rotatable bonds is 2. The largest absolute Gasteiger partial charge is 0.481 e. The molecule has 0 atom stereocenters. The zero-order valence-electron chi connectivity index (χ0n) is 6.05. The molecule has 2 nitrogen and oxygen atoms in total. The van der Waals surface area contributed by atoms with Gasteiger partial charge < -0.3 is 5.11 Å². The highest BCUT2D eigenvalue weighted by atomic mass is 127. The van der Waals surface area contributed by atoms with E-state index < -0.39 is 5.97 Å². The van der Waals surface area contributed by atoms with E-state index in [1.807, 2.05) is 12.1 Å². The molecule has 64 valence electrons. The fourth-order valence-corrected chi connectivity index (χ4v) is 1.65. The van der Waals surface area contributed by atoms with Crippen LogP contribution in [0.25, 0.3) is 0 Å². The quantitative estimate of drug-likeness (QED) is 0.840. The molecular weight excluding hydrogens is 335 g/mol. The summed E-state index contributed by atoms with van der Waals surface area (Å²) < 4.78 is 2.03. The van der Waals surface area contributed by atoms with Crippen LogP contribution in [0.1, 0.15) is 5.56 Å². The highest BCUT2D eigenvalue weighted by molar-refractivity contribution is 14.1. The summed E-state index contributed by atoms with van der Waals surface area (Å²) in [5.41, 5.74) is 0.829. The van der Waals surface area contributed by atoms with Crippen molar-refractivity contribution < 1.29 is 9.90 Å². The summed E-state index contributed by atoms with van der Waals surface area (Å²) in [6.07, 6.45) is 0.0866. The number of halogens is 2. The van der Waals surface area contributed by atoms with Gasteiger partial charge in [-0.15, -0.1) is 0 Å². The number of carboxylic acids is 1. The Morgan fingerprint density at radius 3 is 2.75 bits per heavy atom. The lowest BCUT2D eigenvalue weighted by atomic mass is 10.2.